The van der Waals surface area contributed by atoms with Crippen LogP contribution in [0.25, 0.3) is 0 Å². The van der Waals surface area contributed by atoms with Crippen LogP contribution in [0.4, 0.5) is 4.39 Å². The number of primary amides is 1. The molecule has 0 bridgehead atoms. The zero-order chi connectivity index (χ0) is 20.1. The van der Waals surface area contributed by atoms with Crippen LogP contribution in [-0.4, -0.2) is 18.4 Å². The van der Waals surface area contributed by atoms with Gasteiger partial charge in [0.2, 0.25) is 0 Å². The molecule has 0 unspecified atom stereocenters. The number of ether oxygens (including phenoxy) is 1. The minimum absolute atomic E-state index is 0.0913. The van der Waals surface area contributed by atoms with Gasteiger partial charge in [-0.1, -0.05) is 29.8 Å². The van der Waals surface area contributed by atoms with Crippen LogP contribution in [0.3, 0.4) is 0 Å². The highest BCUT2D eigenvalue weighted by Gasteiger charge is 2.19. The number of nitrogens with two attached hydrogens (primary N) is 1. The number of carbonyl (C=O) groups excluding carboxylic acids is 2. The van der Waals surface area contributed by atoms with Crippen LogP contribution in [-0.2, 0) is 4.79 Å². The molecule has 1 aromatic heterocycles. The van der Waals surface area contributed by atoms with Gasteiger partial charge in [0.1, 0.15) is 11.6 Å². The summed E-state index contributed by atoms with van der Waals surface area (Å²) in [6, 6.07) is 13.6. The molecule has 5 nitrogen and oxygen atoms in total. The quantitative estimate of drug-likeness (QED) is 0.610. The Hall–Kier alpha value is -2.90. The molecule has 144 valence electrons. The van der Waals surface area contributed by atoms with Gasteiger partial charge in [0.05, 0.1) is 11.6 Å². The number of carbonyl (C=O) groups is 2. The van der Waals surface area contributed by atoms with Gasteiger partial charge in [-0.15, -0.1) is 11.3 Å². The molecule has 0 spiro atoms. The third kappa shape index (κ3) is 4.88. The number of nitrogens with one attached hydrogen (secondary N) is 1. The largest absolute Gasteiger partial charge is 0.483 e. The summed E-state index contributed by atoms with van der Waals surface area (Å²) >= 11 is 7.33. The molecule has 1 atom stereocenters. The minimum Gasteiger partial charge on any atom is -0.483 e. The lowest BCUT2D eigenvalue weighted by Crippen LogP contribution is -2.33. The molecular formula is C20H16ClFN2O3S. The number of benzene rings is 2. The van der Waals surface area contributed by atoms with Gasteiger partial charge < -0.3 is 15.8 Å². The summed E-state index contributed by atoms with van der Waals surface area (Å²) in [5, 5.41) is 5.09. The molecule has 3 N–H and O–H groups in total. The molecule has 28 heavy (non-hydrogen) atoms. The van der Waals surface area contributed by atoms with Crippen LogP contribution in [0, 0.1) is 5.82 Å². The van der Waals surface area contributed by atoms with E-state index in [0.29, 0.717) is 5.02 Å². The minimum atomic E-state index is -0.708. The molecule has 2 amide bonds. The summed E-state index contributed by atoms with van der Waals surface area (Å²) in [4.78, 5) is 24.9. The molecule has 2 aromatic carbocycles. The fourth-order valence-electron chi connectivity index (χ4n) is 2.60. The maximum absolute atomic E-state index is 13.2. The Morgan fingerprint density at radius 1 is 1.18 bits per heavy atom. The summed E-state index contributed by atoms with van der Waals surface area (Å²) in [7, 11) is 0. The Labute approximate surface area is 169 Å². The van der Waals surface area contributed by atoms with Crippen LogP contribution in [0.2, 0.25) is 5.02 Å². The molecular weight excluding hydrogens is 403 g/mol. The molecule has 0 aliphatic carbocycles. The summed E-state index contributed by atoms with van der Waals surface area (Å²) in [6.45, 7) is -0.328. The fraction of sp³-hybridized carbons (Fsp3) is 0.100. The highest BCUT2D eigenvalue weighted by molar-refractivity contribution is 7.10. The Bertz CT molecular complexity index is 978. The first-order valence-corrected chi connectivity index (χ1v) is 9.50. The maximum Gasteiger partial charge on any atom is 0.258 e. The lowest BCUT2D eigenvalue weighted by molar-refractivity contribution is -0.123. The van der Waals surface area contributed by atoms with Crippen molar-refractivity contribution in [2.75, 3.05) is 6.61 Å². The van der Waals surface area contributed by atoms with E-state index in [4.69, 9.17) is 22.1 Å². The monoisotopic (exact) mass is 418 g/mol. The van der Waals surface area contributed by atoms with Crippen molar-refractivity contribution in [1.29, 1.82) is 0 Å². The van der Waals surface area contributed by atoms with E-state index in [0.717, 1.165) is 10.4 Å². The maximum atomic E-state index is 13.2. The second-order valence-electron chi connectivity index (χ2n) is 5.86. The molecule has 1 heterocycles. The van der Waals surface area contributed by atoms with E-state index in [-0.39, 0.29) is 23.7 Å². The predicted molar refractivity (Wildman–Crippen MR) is 106 cm³/mol. The van der Waals surface area contributed by atoms with Crippen molar-refractivity contribution in [2.24, 2.45) is 5.73 Å². The first kappa shape index (κ1) is 19.9. The average Bonchev–Trinajstić information content (AvgIpc) is 3.20. The first-order chi connectivity index (χ1) is 13.4. The number of hydrogen-bond acceptors (Lipinski definition) is 4. The highest BCUT2D eigenvalue weighted by atomic mass is 35.5. The molecule has 0 aliphatic rings. The van der Waals surface area contributed by atoms with E-state index in [1.807, 2.05) is 17.5 Å². The van der Waals surface area contributed by atoms with Crippen molar-refractivity contribution in [3.8, 4) is 5.75 Å². The lowest BCUT2D eigenvalue weighted by atomic mass is 10.1. The van der Waals surface area contributed by atoms with Crippen LogP contribution in [0.1, 0.15) is 26.8 Å². The average molecular weight is 419 g/mol. The third-order valence-electron chi connectivity index (χ3n) is 3.90. The predicted octanol–water partition coefficient (Wildman–Crippen LogP) is 3.92. The van der Waals surface area contributed by atoms with Crippen LogP contribution >= 0.6 is 22.9 Å². The zero-order valence-corrected chi connectivity index (χ0v) is 16.1. The van der Waals surface area contributed by atoms with Gasteiger partial charge in [0.25, 0.3) is 11.8 Å². The van der Waals surface area contributed by atoms with Gasteiger partial charge in [-0.25, -0.2) is 4.39 Å². The Morgan fingerprint density at radius 3 is 2.57 bits per heavy atom. The van der Waals surface area contributed by atoms with Crippen molar-refractivity contribution in [2.45, 2.75) is 6.04 Å². The van der Waals surface area contributed by atoms with Crippen LogP contribution < -0.4 is 15.8 Å². The molecule has 0 saturated carbocycles. The fourth-order valence-corrected chi connectivity index (χ4v) is 3.57. The number of thiophene rings is 1. The Kier molecular flexibility index (Phi) is 6.28. The molecule has 0 radical (unpaired) electrons. The van der Waals surface area contributed by atoms with E-state index in [1.54, 1.807) is 12.1 Å². The van der Waals surface area contributed by atoms with Gasteiger partial charge in [-0.2, -0.15) is 0 Å². The molecule has 3 aromatic rings. The lowest BCUT2D eigenvalue weighted by Gasteiger charge is -2.18. The van der Waals surface area contributed by atoms with Crippen molar-refractivity contribution < 1.29 is 18.7 Å². The van der Waals surface area contributed by atoms with E-state index >= 15 is 0 Å². The van der Waals surface area contributed by atoms with E-state index in [1.165, 1.54) is 41.7 Å². The van der Waals surface area contributed by atoms with Crippen molar-refractivity contribution in [1.82, 2.24) is 5.32 Å². The summed E-state index contributed by atoms with van der Waals surface area (Å²) in [5.41, 5.74) is 6.14. The SMILES string of the molecule is NC(=O)c1cc(Cl)ccc1OCC(=O)N[C@@H](c1ccc(F)cc1)c1cccs1. The molecule has 0 saturated heterocycles. The second kappa shape index (κ2) is 8.86. The summed E-state index contributed by atoms with van der Waals surface area (Å²) < 4.78 is 18.7. The molecule has 0 fully saturated rings. The number of amides is 2. The Morgan fingerprint density at radius 2 is 1.93 bits per heavy atom. The summed E-state index contributed by atoms with van der Waals surface area (Å²) in [5.74, 6) is -1.31. The number of halogens is 2. The standard InChI is InChI=1S/C20H16ClFN2O3S/c21-13-5-8-16(15(10-13)20(23)26)27-11-18(25)24-19(17-2-1-9-28-17)12-3-6-14(22)7-4-12/h1-10,19H,11H2,(H2,23,26)(H,24,25)/t19-/m0/s1. The van der Waals surface area contributed by atoms with E-state index in [2.05, 4.69) is 5.32 Å². The summed E-state index contributed by atoms with van der Waals surface area (Å²) in [6.07, 6.45) is 0. The Balaban J connectivity index is 1.73. The van der Waals surface area contributed by atoms with Crippen LogP contribution in [0.15, 0.2) is 60.0 Å². The van der Waals surface area contributed by atoms with Gasteiger partial charge in [0, 0.05) is 9.90 Å². The zero-order valence-electron chi connectivity index (χ0n) is 14.5. The molecule has 0 aliphatic heterocycles. The topological polar surface area (TPSA) is 81.4 Å². The van der Waals surface area contributed by atoms with E-state index < -0.39 is 17.9 Å². The van der Waals surface area contributed by atoms with Crippen LogP contribution in [0.5, 0.6) is 5.75 Å². The molecule has 3 rings (SSSR count). The second-order valence-corrected chi connectivity index (χ2v) is 7.28. The van der Waals surface area contributed by atoms with Crippen molar-refractivity contribution >= 4 is 34.8 Å². The van der Waals surface area contributed by atoms with Crippen molar-refractivity contribution in [3.05, 3.63) is 86.8 Å². The number of rotatable bonds is 7. The van der Waals surface area contributed by atoms with Gasteiger partial charge >= 0.3 is 0 Å². The van der Waals surface area contributed by atoms with Gasteiger partial charge in [-0.05, 0) is 47.3 Å². The number of hydrogen-bond donors (Lipinski definition) is 2. The van der Waals surface area contributed by atoms with Crippen molar-refractivity contribution in [3.63, 3.8) is 0 Å². The van der Waals surface area contributed by atoms with Gasteiger partial charge in [-0.3, -0.25) is 9.59 Å². The van der Waals surface area contributed by atoms with E-state index in [9.17, 15) is 14.0 Å². The molecule has 8 heteroatoms. The third-order valence-corrected chi connectivity index (χ3v) is 5.07. The highest BCUT2D eigenvalue weighted by Crippen LogP contribution is 2.26. The smallest absolute Gasteiger partial charge is 0.258 e. The van der Waals surface area contributed by atoms with Gasteiger partial charge in [0.15, 0.2) is 6.61 Å². The first-order valence-electron chi connectivity index (χ1n) is 8.24. The normalized spacial score (nSPS) is 11.6.